The molecule has 1 aliphatic rings. The van der Waals surface area contributed by atoms with Gasteiger partial charge in [-0.15, -0.1) is 0 Å². The van der Waals surface area contributed by atoms with Gasteiger partial charge in [0.2, 0.25) is 0 Å². The number of carbonyl (C=O) groups is 2. The van der Waals surface area contributed by atoms with Gasteiger partial charge in [0.25, 0.3) is 0 Å². The van der Waals surface area contributed by atoms with Gasteiger partial charge in [-0.1, -0.05) is 52.0 Å². The Morgan fingerprint density at radius 2 is 1.06 bits per heavy atom. The number of carbonyl (C=O) groups excluding carboxylic acids is 2. The number of aromatic amines is 2. The number of imidazole rings is 2. The van der Waals surface area contributed by atoms with E-state index in [0.29, 0.717) is 11.6 Å². The predicted molar refractivity (Wildman–Crippen MR) is 184 cm³/mol. The van der Waals surface area contributed by atoms with Crippen LogP contribution in [0.4, 0.5) is 9.59 Å². The quantitative estimate of drug-likeness (QED) is 0.134. The van der Waals surface area contributed by atoms with Crippen molar-refractivity contribution in [1.29, 1.82) is 0 Å². The highest BCUT2D eigenvalue weighted by molar-refractivity contribution is 5.82. The van der Waals surface area contributed by atoms with Crippen molar-refractivity contribution in [2.45, 2.75) is 98.9 Å². The molecule has 5 rings (SSSR count). The molecule has 2 heterocycles. The number of H-pyrrole nitrogens is 2. The van der Waals surface area contributed by atoms with Crippen molar-refractivity contribution in [3.05, 3.63) is 71.6 Å². The van der Waals surface area contributed by atoms with E-state index in [9.17, 15) is 9.59 Å². The lowest BCUT2D eigenvalue weighted by Gasteiger charge is -2.24. The zero-order valence-corrected chi connectivity index (χ0v) is 29.2. The van der Waals surface area contributed by atoms with Crippen molar-refractivity contribution in [1.82, 2.24) is 30.6 Å². The number of nitrogens with zero attached hydrogens (tertiary/aromatic N) is 2. The first kappa shape index (κ1) is 33.8. The second-order valence-electron chi connectivity index (χ2n) is 15.0. The maximum absolute atomic E-state index is 12.5. The molecule has 4 N–H and O–H groups in total. The van der Waals surface area contributed by atoms with Gasteiger partial charge < -0.3 is 30.1 Å². The van der Waals surface area contributed by atoms with Gasteiger partial charge in [-0.05, 0) is 105 Å². The highest BCUT2D eigenvalue weighted by Crippen LogP contribution is 2.40. The molecule has 0 bridgehead atoms. The lowest BCUT2D eigenvalue weighted by atomic mass is 10.0. The summed E-state index contributed by atoms with van der Waals surface area (Å²) in [5.74, 6) is 1.59. The Bertz CT molecular complexity index is 1630. The minimum Gasteiger partial charge on any atom is -0.444 e. The molecule has 2 unspecified atom stereocenters. The van der Waals surface area contributed by atoms with E-state index < -0.39 is 23.4 Å². The van der Waals surface area contributed by atoms with E-state index in [1.165, 1.54) is 22.3 Å². The Hall–Kier alpha value is -4.60. The molecule has 0 saturated heterocycles. The summed E-state index contributed by atoms with van der Waals surface area (Å²) >= 11 is 0. The van der Waals surface area contributed by atoms with Crippen LogP contribution in [0.1, 0.15) is 104 Å². The Morgan fingerprint density at radius 1 is 0.681 bits per heavy atom. The number of benzene rings is 2. The van der Waals surface area contributed by atoms with E-state index in [4.69, 9.17) is 9.47 Å². The summed E-state index contributed by atoms with van der Waals surface area (Å²) in [6.45, 7) is 19.2. The average Bonchev–Trinajstić information content (AvgIpc) is 3.70. The maximum atomic E-state index is 12.5. The van der Waals surface area contributed by atoms with Gasteiger partial charge >= 0.3 is 12.2 Å². The van der Waals surface area contributed by atoms with Crippen LogP contribution >= 0.6 is 0 Å². The van der Waals surface area contributed by atoms with E-state index in [1.54, 1.807) is 0 Å². The molecule has 10 nitrogen and oxygen atoms in total. The summed E-state index contributed by atoms with van der Waals surface area (Å²) in [7, 11) is 0. The van der Waals surface area contributed by atoms with Crippen molar-refractivity contribution in [2.75, 3.05) is 0 Å². The number of rotatable bonds is 8. The Morgan fingerprint density at radius 3 is 1.40 bits per heavy atom. The number of aromatic nitrogens is 4. The summed E-state index contributed by atoms with van der Waals surface area (Å²) in [6.07, 6.45) is 3.51. The van der Waals surface area contributed by atoms with Gasteiger partial charge in [0.05, 0.1) is 35.9 Å². The van der Waals surface area contributed by atoms with Gasteiger partial charge in [0, 0.05) is 0 Å². The second kappa shape index (κ2) is 12.9. The highest BCUT2D eigenvalue weighted by atomic mass is 16.6. The third kappa shape index (κ3) is 8.04. The minimum atomic E-state index is -0.582. The molecule has 2 amide bonds. The van der Waals surface area contributed by atoms with Crippen molar-refractivity contribution < 1.29 is 19.1 Å². The standard InChI is InChI=1S/C37H48N6O4/c1-20(2)30(42-34(44)46-36(5,6)7)32-38-18-28(40-32)22-11-13-26-24(15-22)17-25-16-23(12-14-27(25)26)29-19-39-33(41-29)31(21(3)4)43-35(45)47-37(8,9)10/h11-16,18-21,30-31H,17H2,1-10H3,(H,38,40)(H,39,41)(H,42,44)(H,43,45). The van der Waals surface area contributed by atoms with Gasteiger partial charge in [0.15, 0.2) is 0 Å². The molecule has 2 aromatic carbocycles. The highest BCUT2D eigenvalue weighted by Gasteiger charge is 2.27. The zero-order chi connectivity index (χ0) is 34.3. The Balaban J connectivity index is 1.32. The van der Waals surface area contributed by atoms with E-state index in [0.717, 1.165) is 28.9 Å². The maximum Gasteiger partial charge on any atom is 0.408 e. The van der Waals surface area contributed by atoms with Crippen molar-refractivity contribution in [2.24, 2.45) is 11.8 Å². The van der Waals surface area contributed by atoms with Crippen molar-refractivity contribution in [3.8, 4) is 33.6 Å². The summed E-state index contributed by atoms with van der Waals surface area (Å²) in [6, 6.07) is 12.3. The monoisotopic (exact) mass is 640 g/mol. The number of amides is 2. The molecule has 0 spiro atoms. The minimum absolute atomic E-state index is 0.105. The van der Waals surface area contributed by atoms with Crippen LogP contribution in [0.15, 0.2) is 48.8 Å². The number of ether oxygens (including phenoxy) is 2. The second-order valence-corrected chi connectivity index (χ2v) is 15.0. The summed E-state index contributed by atoms with van der Waals surface area (Å²) in [5, 5.41) is 5.94. The van der Waals surface area contributed by atoms with Gasteiger partial charge in [0.1, 0.15) is 22.9 Å². The fourth-order valence-corrected chi connectivity index (χ4v) is 5.80. The molecule has 2 atom stereocenters. The molecular formula is C37H48N6O4. The number of fused-ring (bicyclic) bond motifs is 3. The molecule has 0 aliphatic heterocycles. The number of alkyl carbamates (subject to hydrolysis) is 2. The third-order valence-corrected chi connectivity index (χ3v) is 7.96. The number of hydrogen-bond donors (Lipinski definition) is 4. The van der Waals surface area contributed by atoms with Crippen LogP contribution in [0, 0.1) is 11.8 Å². The van der Waals surface area contributed by atoms with E-state index >= 15 is 0 Å². The smallest absolute Gasteiger partial charge is 0.408 e. The molecule has 0 saturated carbocycles. The van der Waals surface area contributed by atoms with Crippen LogP contribution in [-0.4, -0.2) is 43.3 Å². The van der Waals surface area contributed by atoms with E-state index in [-0.39, 0.29) is 23.9 Å². The summed E-state index contributed by atoms with van der Waals surface area (Å²) in [4.78, 5) is 41.2. The number of nitrogens with one attached hydrogen (secondary N) is 4. The zero-order valence-electron chi connectivity index (χ0n) is 29.2. The Labute approximate surface area is 277 Å². The first-order valence-corrected chi connectivity index (χ1v) is 16.3. The topological polar surface area (TPSA) is 134 Å². The molecule has 1 aliphatic carbocycles. The summed E-state index contributed by atoms with van der Waals surface area (Å²) in [5.41, 5.74) is 7.60. The SMILES string of the molecule is CC(C)C(NC(=O)OC(C)(C)C)c1ncc(-c2ccc3c(c2)Cc2cc(-c4cnc(C(NC(=O)OC(C)(C)C)C(C)C)[nH]4)ccc2-3)[nH]1. The molecular weight excluding hydrogens is 592 g/mol. The lowest BCUT2D eigenvalue weighted by Crippen LogP contribution is -2.37. The molecule has 47 heavy (non-hydrogen) atoms. The lowest BCUT2D eigenvalue weighted by molar-refractivity contribution is 0.0475. The normalized spacial score (nSPS) is 14.0. The molecule has 10 heteroatoms. The van der Waals surface area contributed by atoms with Crippen LogP contribution in [0.2, 0.25) is 0 Å². The van der Waals surface area contributed by atoms with Gasteiger partial charge in [-0.2, -0.15) is 0 Å². The fraction of sp³-hybridized carbons (Fsp3) is 0.459. The molecule has 2 aromatic heterocycles. The van der Waals surface area contributed by atoms with Crippen LogP contribution < -0.4 is 10.6 Å². The molecule has 4 aromatic rings. The van der Waals surface area contributed by atoms with Gasteiger partial charge in [-0.25, -0.2) is 19.6 Å². The van der Waals surface area contributed by atoms with Crippen LogP contribution in [0.3, 0.4) is 0 Å². The van der Waals surface area contributed by atoms with Crippen LogP contribution in [0.5, 0.6) is 0 Å². The number of hydrogen-bond acceptors (Lipinski definition) is 6. The van der Waals surface area contributed by atoms with Crippen LogP contribution in [0.25, 0.3) is 33.6 Å². The molecule has 0 fully saturated rings. The third-order valence-electron chi connectivity index (χ3n) is 7.96. The van der Waals surface area contributed by atoms with E-state index in [2.05, 4.69) is 67.0 Å². The first-order valence-electron chi connectivity index (χ1n) is 16.3. The molecule has 0 radical (unpaired) electrons. The first-order chi connectivity index (χ1) is 22.0. The fourth-order valence-electron chi connectivity index (χ4n) is 5.80. The average molecular weight is 641 g/mol. The van der Waals surface area contributed by atoms with Crippen molar-refractivity contribution >= 4 is 12.2 Å². The largest absolute Gasteiger partial charge is 0.444 e. The van der Waals surface area contributed by atoms with Crippen molar-refractivity contribution in [3.63, 3.8) is 0 Å². The summed E-state index contributed by atoms with van der Waals surface area (Å²) < 4.78 is 11.0. The van der Waals surface area contributed by atoms with E-state index in [1.807, 2.05) is 81.6 Å². The van der Waals surface area contributed by atoms with Gasteiger partial charge in [-0.3, -0.25) is 0 Å². The molecule has 250 valence electrons. The Kier molecular flexibility index (Phi) is 9.26. The predicted octanol–water partition coefficient (Wildman–Crippen LogP) is 8.48. The van der Waals surface area contributed by atoms with Crippen LogP contribution in [-0.2, 0) is 15.9 Å².